The molecule has 85 heavy (non-hydrogen) atoms. The van der Waals surface area contributed by atoms with Crippen LogP contribution in [-0.4, -0.2) is 179 Å². The molecule has 460 valence electrons. The molecule has 8 amide bonds. The molecule has 0 aromatic heterocycles. The van der Waals surface area contributed by atoms with Gasteiger partial charge in [0.25, 0.3) is 0 Å². The van der Waals surface area contributed by atoms with Crippen molar-refractivity contribution in [2.75, 3.05) is 62.8 Å². The molecule has 27 heteroatoms. The van der Waals surface area contributed by atoms with E-state index in [1.54, 1.807) is 48.5 Å². The molecule has 0 spiro atoms. The minimum Gasteiger partial charge on any atom is -0.508 e. The van der Waals surface area contributed by atoms with Gasteiger partial charge in [0, 0.05) is 67.7 Å². The number of rotatable bonds is 22. The molecule has 17 N–H and O–H groups in total. The maximum absolute atomic E-state index is 14.9. The smallest absolute Gasteiger partial charge is 0.245 e. The van der Waals surface area contributed by atoms with Crippen molar-refractivity contribution in [1.82, 2.24) is 42.1 Å². The van der Waals surface area contributed by atoms with Crippen LogP contribution < -0.4 is 59.7 Å². The van der Waals surface area contributed by atoms with Gasteiger partial charge in [-0.2, -0.15) is 0 Å². The fourth-order valence-electron chi connectivity index (χ4n) is 9.17. The monoisotopic (exact) mass is 1230 g/mol. The molecule has 4 aromatic rings. The minimum absolute atomic E-state index is 0.0150. The van der Waals surface area contributed by atoms with Crippen LogP contribution in [0.25, 0.3) is 0 Å². The number of aliphatic hydroxyl groups excluding tert-OH is 1. The van der Waals surface area contributed by atoms with E-state index in [-0.39, 0.29) is 61.7 Å². The number of carbonyl (C=O) groups is 8. The lowest BCUT2D eigenvalue weighted by atomic mass is 10.0. The Balaban J connectivity index is 1.36. The van der Waals surface area contributed by atoms with Gasteiger partial charge in [0.15, 0.2) is 0 Å². The zero-order chi connectivity index (χ0) is 61.4. The van der Waals surface area contributed by atoms with Crippen LogP contribution in [0.5, 0.6) is 11.5 Å². The fraction of sp³-hybridized carbons (Fsp3) is 0.448. The van der Waals surface area contributed by atoms with Gasteiger partial charge in [-0.1, -0.05) is 81.7 Å². The highest BCUT2D eigenvalue weighted by Crippen LogP contribution is 2.25. The van der Waals surface area contributed by atoms with Gasteiger partial charge < -0.3 is 79.8 Å². The van der Waals surface area contributed by atoms with E-state index in [9.17, 15) is 53.7 Å². The number of nitrogens with two attached hydrogens (primary N) is 3. The van der Waals surface area contributed by atoms with Gasteiger partial charge >= 0.3 is 0 Å². The average Bonchev–Trinajstić information content (AvgIpc) is 3.67. The van der Waals surface area contributed by atoms with Gasteiger partial charge in [0.05, 0.1) is 25.4 Å². The van der Waals surface area contributed by atoms with Crippen molar-refractivity contribution >= 4 is 86.1 Å². The van der Waals surface area contributed by atoms with Gasteiger partial charge in [0.1, 0.15) is 53.8 Å². The topological polar surface area (TPSA) is 384 Å². The van der Waals surface area contributed by atoms with E-state index in [4.69, 9.17) is 33.5 Å². The molecule has 2 aliphatic rings. The number of hydrogen-bond acceptors (Lipinski definition) is 18. The highest BCUT2D eigenvalue weighted by molar-refractivity contribution is 8.76. The molecule has 24 nitrogen and oxygen atoms in total. The van der Waals surface area contributed by atoms with Gasteiger partial charge in [-0.25, -0.2) is 0 Å². The number of hydrogen-bond donors (Lipinski definition) is 14. The Morgan fingerprint density at radius 3 is 1.81 bits per heavy atom. The molecule has 0 bridgehead atoms. The molecule has 2 fully saturated rings. The summed E-state index contributed by atoms with van der Waals surface area (Å²) < 4.78 is 5.46. The van der Waals surface area contributed by atoms with Crippen molar-refractivity contribution in [3.63, 3.8) is 0 Å². The van der Waals surface area contributed by atoms with Crippen LogP contribution in [0.2, 0.25) is 5.02 Å². The third kappa shape index (κ3) is 22.3. The lowest BCUT2D eigenvalue weighted by Gasteiger charge is -2.29. The van der Waals surface area contributed by atoms with E-state index >= 15 is 0 Å². The van der Waals surface area contributed by atoms with Crippen LogP contribution in [0.1, 0.15) is 48.4 Å². The quantitative estimate of drug-likeness (QED) is 0.0360. The second-order valence-corrected chi connectivity index (χ2v) is 23.8. The number of nitrogens with zero attached hydrogens (tertiary/aromatic N) is 1. The Bertz CT molecular complexity index is 2860. The van der Waals surface area contributed by atoms with E-state index in [0.29, 0.717) is 59.9 Å². The SMILES string of the molecule is C[C@@H](O)[C@@H]1NC(=O)[C@H](CCCCN)NC(=O)[C@@H](Cc2ccc(NCCN3CCOCC3)cc2)NC(=O)[C@H](Cc2ccc(O)cc2)NC(=O)[C@H](NC(=O)[C@@H](N)Cc2ccc(Cl)cc2)CSSC[C@@H](C(=O)N[C@H](Cc2ccc(O)cc2)C(N)=O)NC1=O. The van der Waals surface area contributed by atoms with E-state index in [0.717, 1.165) is 46.9 Å². The molecule has 4 aromatic carbocycles. The fourth-order valence-corrected chi connectivity index (χ4v) is 11.6. The van der Waals surface area contributed by atoms with E-state index in [2.05, 4.69) is 47.4 Å². The number of anilines is 1. The van der Waals surface area contributed by atoms with Gasteiger partial charge in [-0.3, -0.25) is 43.3 Å². The number of aromatic hydroxyl groups is 2. The molecule has 0 saturated carbocycles. The Morgan fingerprint density at radius 2 is 1.22 bits per heavy atom. The molecular formula is C58H77ClN12O12S2. The molecular weight excluding hydrogens is 1160 g/mol. The molecule has 9 atom stereocenters. The molecule has 6 rings (SSSR count). The number of primary amides is 1. The van der Waals surface area contributed by atoms with Gasteiger partial charge in [-0.15, -0.1) is 0 Å². The van der Waals surface area contributed by atoms with Crippen LogP contribution in [-0.2, 0) is 68.8 Å². The molecule has 0 unspecified atom stereocenters. The first-order chi connectivity index (χ1) is 40.7. The first-order valence-corrected chi connectivity index (χ1v) is 30.8. The van der Waals surface area contributed by atoms with Gasteiger partial charge in [-0.05, 0) is 110 Å². The second-order valence-electron chi connectivity index (χ2n) is 20.8. The van der Waals surface area contributed by atoms with Crippen LogP contribution in [0.4, 0.5) is 5.69 Å². The summed E-state index contributed by atoms with van der Waals surface area (Å²) in [6.07, 6.45) is -1.26. The van der Waals surface area contributed by atoms with Crippen LogP contribution in [0, 0.1) is 0 Å². The summed E-state index contributed by atoms with van der Waals surface area (Å²) in [7, 11) is 1.95. The molecule has 2 saturated heterocycles. The van der Waals surface area contributed by atoms with E-state index in [1.165, 1.54) is 43.3 Å². The number of phenols is 2. The number of morpholine rings is 1. The highest BCUT2D eigenvalue weighted by Gasteiger charge is 2.36. The third-order valence-corrected chi connectivity index (χ3v) is 16.8. The number of nitrogens with one attached hydrogen (secondary N) is 8. The van der Waals surface area contributed by atoms with Crippen LogP contribution in [0.15, 0.2) is 97.1 Å². The number of benzene rings is 4. The first kappa shape index (κ1) is 67.0. The maximum Gasteiger partial charge on any atom is 0.245 e. The molecule has 0 radical (unpaired) electrons. The summed E-state index contributed by atoms with van der Waals surface area (Å²) in [6, 6.07) is 14.1. The van der Waals surface area contributed by atoms with Crippen molar-refractivity contribution in [3.05, 3.63) is 124 Å². The number of amides is 8. The predicted molar refractivity (Wildman–Crippen MR) is 325 cm³/mol. The number of unbranched alkanes of at least 4 members (excludes halogenated alkanes) is 1. The summed E-state index contributed by atoms with van der Waals surface area (Å²) in [5, 5.41) is 53.7. The summed E-state index contributed by atoms with van der Waals surface area (Å²) in [6.45, 7) is 5.87. The van der Waals surface area contributed by atoms with E-state index in [1.807, 2.05) is 12.1 Å². The first-order valence-electron chi connectivity index (χ1n) is 28.0. The summed E-state index contributed by atoms with van der Waals surface area (Å²) in [5.41, 5.74) is 21.1. The average molecular weight is 1230 g/mol. The lowest BCUT2D eigenvalue weighted by molar-refractivity contribution is -0.136. The number of carbonyl (C=O) groups excluding carboxylic acids is 8. The Kier molecular flexibility index (Phi) is 26.9. The van der Waals surface area contributed by atoms with Gasteiger partial charge in [0.2, 0.25) is 47.3 Å². The van der Waals surface area contributed by atoms with Crippen molar-refractivity contribution in [2.45, 2.75) is 106 Å². The van der Waals surface area contributed by atoms with Crippen molar-refractivity contribution in [3.8, 4) is 11.5 Å². The number of ether oxygens (including phenoxy) is 1. The second kappa shape index (κ2) is 34.1. The van der Waals surface area contributed by atoms with Crippen molar-refractivity contribution in [2.24, 2.45) is 17.2 Å². The van der Waals surface area contributed by atoms with E-state index < -0.39 is 102 Å². The molecule has 2 aliphatic heterocycles. The summed E-state index contributed by atoms with van der Waals surface area (Å²) >= 11 is 6.10. The van der Waals surface area contributed by atoms with Crippen molar-refractivity contribution in [1.29, 1.82) is 0 Å². The zero-order valence-corrected chi connectivity index (χ0v) is 49.5. The summed E-state index contributed by atoms with van der Waals surface area (Å²) in [4.78, 5) is 117. The predicted octanol–water partition coefficient (Wildman–Crippen LogP) is -0.123. The zero-order valence-electron chi connectivity index (χ0n) is 47.1. The highest BCUT2D eigenvalue weighted by atomic mass is 35.5. The lowest BCUT2D eigenvalue weighted by Crippen LogP contribution is -2.62. The van der Waals surface area contributed by atoms with Crippen LogP contribution >= 0.6 is 33.2 Å². The normalized spacial score (nSPS) is 21.7. The molecule has 2 heterocycles. The third-order valence-electron chi connectivity index (χ3n) is 14.1. The molecule has 0 aliphatic carbocycles. The number of halogens is 1. The maximum atomic E-state index is 14.9. The minimum atomic E-state index is -1.73. The largest absolute Gasteiger partial charge is 0.508 e. The van der Waals surface area contributed by atoms with Crippen LogP contribution in [0.3, 0.4) is 0 Å². The standard InChI is InChI=1S/C58H77ClN12O12S2/c1-34(72)50-58(82)69-49(56(80)65-45(51(62)75)29-37-9-17-41(73)18-10-37)33-85-84-32-48(68-52(76)43(61)28-35-5-13-39(59)14-6-35)57(81)67-47(31-38-11-19-42(74)20-12-38)55(79)66-46(54(78)64-44(53(77)70-50)4-2-3-21-60)30-36-7-15-40(16-8-36)63-22-23-71-24-26-83-27-25-71/h5-20,34,43-50,63,72-74H,2-4,21-33,60-61H2,1H3,(H2,62,75)(H,64,78)(H,65,80)(H,66,79)(H,67,81)(H,68,76)(H,69,82)(H,70,77)/t34-,43+,44+,45-,46-,47+,48-,49+,50+/m1/s1. The Morgan fingerprint density at radius 1 is 0.694 bits per heavy atom. The Hall–Kier alpha value is -7.17. The summed E-state index contributed by atoms with van der Waals surface area (Å²) in [5.74, 6) is -7.69. The number of aliphatic hydroxyl groups is 1. The number of phenolic OH excluding ortho intramolecular Hbond substituents is 2. The van der Waals surface area contributed by atoms with Crippen molar-refractivity contribution < 1.29 is 58.4 Å². The Labute approximate surface area is 506 Å².